The van der Waals surface area contributed by atoms with Gasteiger partial charge in [0.1, 0.15) is 5.75 Å². The van der Waals surface area contributed by atoms with Crippen molar-refractivity contribution < 1.29 is 41.0 Å². The van der Waals surface area contributed by atoms with Gasteiger partial charge in [-0.1, -0.05) is 12.1 Å². The minimum atomic E-state index is -3.77. The summed E-state index contributed by atoms with van der Waals surface area (Å²) in [6.07, 6.45) is 0. The number of anilines is 1. The molecule has 1 saturated heterocycles. The van der Waals surface area contributed by atoms with Crippen LogP contribution in [0.15, 0.2) is 47.4 Å². The number of rotatable bonds is 8. The van der Waals surface area contributed by atoms with Crippen LogP contribution in [0.5, 0.6) is 5.75 Å². The summed E-state index contributed by atoms with van der Waals surface area (Å²) in [5, 5.41) is 2.48. The molecule has 9 nitrogen and oxygen atoms in total. The molecule has 1 N–H and O–H groups in total. The number of carbonyl (C=O) groups excluding carboxylic acids is 2. The van der Waals surface area contributed by atoms with Gasteiger partial charge in [-0.25, -0.2) is 13.2 Å². The molecule has 0 atom stereocenters. The van der Waals surface area contributed by atoms with E-state index in [1.54, 1.807) is 13.0 Å². The van der Waals surface area contributed by atoms with E-state index in [4.69, 9.17) is 9.47 Å². The Morgan fingerprint density at radius 3 is 2.58 bits per heavy atom. The van der Waals surface area contributed by atoms with Gasteiger partial charge in [-0.15, -0.1) is 0 Å². The number of halogens is 2. The number of sulfonamides is 1. The fourth-order valence-corrected chi connectivity index (χ4v) is 4.75. The molecule has 1 aliphatic rings. The molecule has 33 heavy (non-hydrogen) atoms. The minimum absolute atomic E-state index is 0.0510. The van der Waals surface area contributed by atoms with E-state index < -0.39 is 35.1 Å². The van der Waals surface area contributed by atoms with Crippen molar-refractivity contribution in [1.82, 2.24) is 4.31 Å². The molecule has 12 heteroatoms. The SMILES string of the molecule is Cc1ccc(NC(=O)COC(=O)c2cccc(OC(F)F)c2)cc1S(=O)(=O)N1CCOCC1. The average Bonchev–Trinajstić information content (AvgIpc) is 2.79. The number of benzene rings is 2. The van der Waals surface area contributed by atoms with Gasteiger partial charge in [0.25, 0.3) is 5.91 Å². The van der Waals surface area contributed by atoms with Crippen LogP contribution in [0, 0.1) is 6.92 Å². The molecule has 0 bridgehead atoms. The number of alkyl halides is 2. The van der Waals surface area contributed by atoms with E-state index in [1.807, 2.05) is 0 Å². The van der Waals surface area contributed by atoms with E-state index in [9.17, 15) is 26.8 Å². The number of esters is 1. The fraction of sp³-hybridized carbons (Fsp3) is 0.333. The van der Waals surface area contributed by atoms with Crippen LogP contribution in [0.4, 0.5) is 14.5 Å². The van der Waals surface area contributed by atoms with Crippen molar-refractivity contribution in [2.75, 3.05) is 38.2 Å². The van der Waals surface area contributed by atoms with Gasteiger partial charge in [0.2, 0.25) is 10.0 Å². The second-order valence-corrected chi connectivity index (χ2v) is 8.93. The number of hydrogen-bond donors (Lipinski definition) is 1. The molecule has 0 aromatic heterocycles. The van der Waals surface area contributed by atoms with Gasteiger partial charge in [-0.3, -0.25) is 4.79 Å². The molecule has 0 unspecified atom stereocenters. The first kappa shape index (κ1) is 24.6. The molecule has 1 fully saturated rings. The maximum Gasteiger partial charge on any atom is 0.387 e. The lowest BCUT2D eigenvalue weighted by atomic mass is 10.2. The Morgan fingerprint density at radius 1 is 1.15 bits per heavy atom. The number of carbonyl (C=O) groups is 2. The van der Waals surface area contributed by atoms with E-state index in [-0.39, 0.29) is 35.0 Å². The summed E-state index contributed by atoms with van der Waals surface area (Å²) in [5.74, 6) is -1.84. The highest BCUT2D eigenvalue weighted by atomic mass is 32.2. The Morgan fingerprint density at radius 2 is 1.88 bits per heavy atom. The molecule has 0 spiro atoms. The summed E-state index contributed by atoms with van der Waals surface area (Å²) in [5.41, 5.74) is 0.646. The third kappa shape index (κ3) is 6.46. The standard InChI is InChI=1S/C21H22F2N2O7S/c1-14-5-6-16(12-18(14)33(28,29)25-7-9-30-10-8-25)24-19(26)13-31-20(27)15-3-2-4-17(11-15)32-21(22)23/h2-6,11-12,21H,7-10,13H2,1H3,(H,24,26). The Kier molecular flexibility index (Phi) is 7.95. The second kappa shape index (κ2) is 10.7. The molecule has 1 aliphatic heterocycles. The van der Waals surface area contributed by atoms with Crippen molar-refractivity contribution in [1.29, 1.82) is 0 Å². The third-order valence-electron chi connectivity index (χ3n) is 4.69. The predicted molar refractivity (Wildman–Crippen MR) is 113 cm³/mol. The summed E-state index contributed by atoms with van der Waals surface area (Å²) in [6, 6.07) is 9.39. The summed E-state index contributed by atoms with van der Waals surface area (Å²) in [4.78, 5) is 24.4. The molecule has 1 heterocycles. The van der Waals surface area contributed by atoms with Crippen LogP contribution in [-0.2, 0) is 24.3 Å². The van der Waals surface area contributed by atoms with E-state index in [2.05, 4.69) is 10.1 Å². The normalized spacial score (nSPS) is 14.7. The first-order valence-corrected chi connectivity index (χ1v) is 11.3. The zero-order valence-corrected chi connectivity index (χ0v) is 18.4. The second-order valence-electron chi connectivity index (χ2n) is 7.03. The molecule has 178 valence electrons. The molecule has 0 aliphatic carbocycles. The van der Waals surface area contributed by atoms with Crippen LogP contribution in [0.25, 0.3) is 0 Å². The van der Waals surface area contributed by atoms with Crippen molar-refractivity contribution in [2.45, 2.75) is 18.4 Å². The maximum absolute atomic E-state index is 12.9. The molecular weight excluding hydrogens is 462 g/mol. The van der Waals surface area contributed by atoms with Crippen molar-refractivity contribution in [3.63, 3.8) is 0 Å². The maximum atomic E-state index is 12.9. The molecule has 0 radical (unpaired) electrons. The van der Waals surface area contributed by atoms with Gasteiger partial charge in [0.15, 0.2) is 6.61 Å². The van der Waals surface area contributed by atoms with Crippen LogP contribution < -0.4 is 10.1 Å². The van der Waals surface area contributed by atoms with Crippen LogP contribution in [0.1, 0.15) is 15.9 Å². The zero-order chi connectivity index (χ0) is 24.0. The molecule has 3 rings (SSSR count). The van der Waals surface area contributed by atoms with E-state index in [0.29, 0.717) is 18.8 Å². The monoisotopic (exact) mass is 484 g/mol. The first-order valence-electron chi connectivity index (χ1n) is 9.87. The smallest absolute Gasteiger partial charge is 0.387 e. The van der Waals surface area contributed by atoms with Gasteiger partial charge < -0.3 is 19.5 Å². The molecular formula is C21H22F2N2O7S. The highest BCUT2D eigenvalue weighted by molar-refractivity contribution is 7.89. The molecule has 2 aromatic rings. The van der Waals surface area contributed by atoms with E-state index >= 15 is 0 Å². The zero-order valence-electron chi connectivity index (χ0n) is 17.6. The predicted octanol–water partition coefficient (Wildman–Crippen LogP) is 2.41. The molecule has 1 amide bonds. The van der Waals surface area contributed by atoms with Crippen LogP contribution in [0.3, 0.4) is 0 Å². The van der Waals surface area contributed by atoms with Gasteiger partial charge in [0, 0.05) is 18.8 Å². The summed E-state index contributed by atoms with van der Waals surface area (Å²) < 4.78 is 66.1. The van der Waals surface area contributed by atoms with Crippen LogP contribution in [-0.4, -0.2) is 64.1 Å². The van der Waals surface area contributed by atoms with E-state index in [1.165, 1.54) is 34.6 Å². The van der Waals surface area contributed by atoms with Crippen molar-refractivity contribution in [3.05, 3.63) is 53.6 Å². The number of nitrogens with zero attached hydrogens (tertiary/aromatic N) is 1. The van der Waals surface area contributed by atoms with Gasteiger partial charge in [0.05, 0.1) is 23.7 Å². The van der Waals surface area contributed by atoms with Gasteiger partial charge in [-0.2, -0.15) is 13.1 Å². The topological polar surface area (TPSA) is 111 Å². The Bertz CT molecular complexity index is 1120. The van der Waals surface area contributed by atoms with E-state index in [0.717, 1.165) is 6.07 Å². The summed E-state index contributed by atoms with van der Waals surface area (Å²) in [6.45, 7) is -0.997. The highest BCUT2D eigenvalue weighted by Gasteiger charge is 2.28. The summed E-state index contributed by atoms with van der Waals surface area (Å²) in [7, 11) is -3.77. The fourth-order valence-electron chi connectivity index (χ4n) is 3.09. The molecule has 2 aromatic carbocycles. The summed E-state index contributed by atoms with van der Waals surface area (Å²) >= 11 is 0. The number of amides is 1. The highest BCUT2D eigenvalue weighted by Crippen LogP contribution is 2.24. The largest absolute Gasteiger partial charge is 0.452 e. The first-order chi connectivity index (χ1) is 15.7. The number of hydrogen-bond acceptors (Lipinski definition) is 7. The molecule has 0 saturated carbocycles. The third-order valence-corrected chi connectivity index (χ3v) is 6.73. The Balaban J connectivity index is 1.63. The number of aryl methyl sites for hydroxylation is 1. The number of morpholine rings is 1. The Hall–Kier alpha value is -3.09. The number of nitrogens with one attached hydrogen (secondary N) is 1. The van der Waals surface area contributed by atoms with Gasteiger partial charge in [-0.05, 0) is 42.8 Å². The minimum Gasteiger partial charge on any atom is -0.452 e. The van der Waals surface area contributed by atoms with Crippen molar-refractivity contribution in [3.8, 4) is 5.75 Å². The van der Waals surface area contributed by atoms with Crippen LogP contribution >= 0.6 is 0 Å². The average molecular weight is 484 g/mol. The van der Waals surface area contributed by atoms with Crippen LogP contribution in [0.2, 0.25) is 0 Å². The number of ether oxygens (including phenoxy) is 3. The lowest BCUT2D eigenvalue weighted by Crippen LogP contribution is -2.40. The Labute approximate surface area is 189 Å². The van der Waals surface area contributed by atoms with Gasteiger partial charge >= 0.3 is 12.6 Å². The lowest BCUT2D eigenvalue weighted by Gasteiger charge is -2.26. The van der Waals surface area contributed by atoms with Crippen molar-refractivity contribution in [2.24, 2.45) is 0 Å². The van der Waals surface area contributed by atoms with Crippen molar-refractivity contribution >= 4 is 27.6 Å². The lowest BCUT2D eigenvalue weighted by molar-refractivity contribution is -0.119. The quantitative estimate of drug-likeness (QED) is 0.573.